The molecule has 2 fully saturated rings. The van der Waals surface area contributed by atoms with Gasteiger partial charge in [0, 0.05) is 19.1 Å². The minimum atomic E-state index is -0.780. The van der Waals surface area contributed by atoms with Crippen molar-refractivity contribution in [3.8, 4) is 0 Å². The van der Waals surface area contributed by atoms with Crippen LogP contribution in [-0.2, 0) is 11.3 Å². The number of rotatable bonds is 5. The van der Waals surface area contributed by atoms with Gasteiger partial charge in [0.05, 0.1) is 0 Å². The molecule has 0 spiro atoms. The van der Waals surface area contributed by atoms with E-state index in [1.54, 1.807) is 0 Å². The summed E-state index contributed by atoms with van der Waals surface area (Å²) >= 11 is 0. The van der Waals surface area contributed by atoms with Crippen LogP contribution in [0.2, 0.25) is 0 Å². The Balaban J connectivity index is 0.00000261. The highest BCUT2D eigenvalue weighted by Gasteiger charge is 2.43. The van der Waals surface area contributed by atoms with E-state index in [1.165, 1.54) is 0 Å². The van der Waals surface area contributed by atoms with Crippen molar-refractivity contribution in [1.29, 1.82) is 0 Å². The molecule has 1 heterocycles. The predicted octanol–water partition coefficient (Wildman–Crippen LogP) is 2.33. The van der Waals surface area contributed by atoms with E-state index < -0.39 is 5.54 Å². The van der Waals surface area contributed by atoms with Gasteiger partial charge < -0.3 is 21.3 Å². The number of benzene rings is 1. The smallest absolute Gasteiger partial charge is 0.315 e. The number of hydrogen-bond donors (Lipinski definition) is 4. The monoisotopic (exact) mass is 394 g/mol. The van der Waals surface area contributed by atoms with E-state index in [-0.39, 0.29) is 30.4 Å². The summed E-state index contributed by atoms with van der Waals surface area (Å²) < 4.78 is 0. The van der Waals surface area contributed by atoms with Gasteiger partial charge in [-0.15, -0.1) is 12.4 Å². The van der Waals surface area contributed by atoms with Crippen LogP contribution in [0.4, 0.5) is 4.79 Å². The normalized spacial score (nSPS) is 23.7. The molecule has 1 aromatic carbocycles. The Bertz CT molecular complexity index is 620. The van der Waals surface area contributed by atoms with Crippen LogP contribution >= 0.6 is 12.4 Å². The lowest BCUT2D eigenvalue weighted by molar-refractivity contribution is -0.128. The highest BCUT2D eigenvalue weighted by atomic mass is 35.5. The molecule has 7 heteroatoms. The highest BCUT2D eigenvalue weighted by molar-refractivity contribution is 5.91. The standard InChI is InChI=1S/C20H30N4O2.ClH/c1-15-9-12-21-14-17(15)23-18(25)20(10-5-6-11-20)24-19(26)22-13-16-7-3-2-4-8-16;/h2-4,7-8,15,17,21H,5-6,9-14H2,1H3,(H,23,25)(H2,22,24,26);1H. The summed E-state index contributed by atoms with van der Waals surface area (Å²) in [4.78, 5) is 25.4. The van der Waals surface area contributed by atoms with Crippen molar-refractivity contribution in [2.75, 3.05) is 13.1 Å². The number of carbonyl (C=O) groups excluding carboxylic acids is 2. The lowest BCUT2D eigenvalue weighted by Gasteiger charge is -2.35. The van der Waals surface area contributed by atoms with Crippen LogP contribution in [0.3, 0.4) is 0 Å². The minimum Gasteiger partial charge on any atom is -0.350 e. The van der Waals surface area contributed by atoms with Crippen LogP contribution in [0, 0.1) is 5.92 Å². The molecule has 1 aliphatic heterocycles. The molecule has 1 saturated heterocycles. The van der Waals surface area contributed by atoms with Crippen molar-refractivity contribution in [3.63, 3.8) is 0 Å². The SMILES string of the molecule is CC1CCNCC1NC(=O)C1(NC(=O)NCc2ccccc2)CCCC1.Cl. The molecule has 2 atom stereocenters. The first-order chi connectivity index (χ1) is 12.6. The zero-order valence-electron chi connectivity index (χ0n) is 15.9. The molecular formula is C20H31ClN4O2. The van der Waals surface area contributed by atoms with Crippen molar-refractivity contribution >= 4 is 24.3 Å². The van der Waals surface area contributed by atoms with Crippen molar-refractivity contribution in [2.45, 2.75) is 57.2 Å². The maximum atomic E-state index is 13.0. The zero-order valence-corrected chi connectivity index (χ0v) is 16.7. The number of hydrogen-bond acceptors (Lipinski definition) is 3. The van der Waals surface area contributed by atoms with Crippen molar-refractivity contribution in [1.82, 2.24) is 21.3 Å². The largest absolute Gasteiger partial charge is 0.350 e. The van der Waals surface area contributed by atoms with E-state index in [4.69, 9.17) is 0 Å². The molecule has 150 valence electrons. The predicted molar refractivity (Wildman–Crippen MR) is 109 cm³/mol. The molecular weight excluding hydrogens is 364 g/mol. The summed E-state index contributed by atoms with van der Waals surface area (Å²) in [5.74, 6) is 0.413. The fourth-order valence-electron chi connectivity index (χ4n) is 3.92. The summed E-state index contributed by atoms with van der Waals surface area (Å²) in [6.07, 6.45) is 4.39. The molecule has 0 aromatic heterocycles. The summed E-state index contributed by atoms with van der Waals surface area (Å²) in [7, 11) is 0. The number of nitrogens with one attached hydrogen (secondary N) is 4. The summed E-state index contributed by atoms with van der Waals surface area (Å²) in [6, 6.07) is 9.62. The van der Waals surface area contributed by atoms with Crippen molar-refractivity contribution in [2.24, 2.45) is 5.92 Å². The van der Waals surface area contributed by atoms with Gasteiger partial charge in [0.15, 0.2) is 0 Å². The molecule has 1 aliphatic carbocycles. The lowest BCUT2D eigenvalue weighted by Crippen LogP contribution is -2.62. The number of amides is 3. The van der Waals surface area contributed by atoms with Gasteiger partial charge >= 0.3 is 6.03 Å². The molecule has 3 amide bonds. The summed E-state index contributed by atoms with van der Waals surface area (Å²) in [6.45, 7) is 4.42. The molecule has 27 heavy (non-hydrogen) atoms. The molecule has 0 bridgehead atoms. The molecule has 1 aromatic rings. The third kappa shape index (κ3) is 5.59. The molecule has 2 aliphatic rings. The second-order valence-corrected chi connectivity index (χ2v) is 7.63. The first-order valence-corrected chi connectivity index (χ1v) is 9.71. The first kappa shape index (κ1) is 21.5. The molecule has 0 radical (unpaired) electrons. The van der Waals surface area contributed by atoms with Gasteiger partial charge in [-0.1, -0.05) is 50.1 Å². The van der Waals surface area contributed by atoms with Gasteiger partial charge in [-0.2, -0.15) is 0 Å². The topological polar surface area (TPSA) is 82.3 Å². The number of urea groups is 1. The quantitative estimate of drug-likeness (QED) is 0.618. The van der Waals surface area contributed by atoms with E-state index >= 15 is 0 Å². The lowest BCUT2D eigenvalue weighted by atomic mass is 9.91. The number of carbonyl (C=O) groups is 2. The average molecular weight is 395 g/mol. The number of halogens is 1. The van der Waals surface area contributed by atoms with Crippen LogP contribution in [-0.4, -0.2) is 36.6 Å². The Morgan fingerprint density at radius 1 is 1.19 bits per heavy atom. The van der Waals surface area contributed by atoms with Gasteiger partial charge in [-0.3, -0.25) is 4.79 Å². The Morgan fingerprint density at radius 3 is 2.56 bits per heavy atom. The van der Waals surface area contributed by atoms with Crippen molar-refractivity contribution in [3.05, 3.63) is 35.9 Å². The summed E-state index contributed by atoms with van der Waals surface area (Å²) in [5, 5.41) is 12.4. The average Bonchev–Trinajstić information content (AvgIpc) is 3.12. The van der Waals surface area contributed by atoms with E-state index in [2.05, 4.69) is 28.2 Å². The van der Waals surface area contributed by atoms with Gasteiger partial charge in [0.2, 0.25) is 5.91 Å². The van der Waals surface area contributed by atoms with Crippen molar-refractivity contribution < 1.29 is 9.59 Å². The van der Waals surface area contributed by atoms with Crippen LogP contribution in [0.1, 0.15) is 44.6 Å². The summed E-state index contributed by atoms with van der Waals surface area (Å²) in [5.41, 5.74) is 0.257. The Hall–Kier alpha value is -1.79. The fraction of sp³-hybridized carbons (Fsp3) is 0.600. The minimum absolute atomic E-state index is 0. The van der Waals surface area contributed by atoms with E-state index in [9.17, 15) is 9.59 Å². The molecule has 1 saturated carbocycles. The van der Waals surface area contributed by atoms with Crippen LogP contribution < -0.4 is 21.3 Å². The Labute approximate surface area is 167 Å². The fourth-order valence-corrected chi connectivity index (χ4v) is 3.92. The second kappa shape index (κ2) is 9.95. The zero-order chi connectivity index (χ0) is 18.4. The molecule has 6 nitrogen and oxygen atoms in total. The molecule has 2 unspecified atom stereocenters. The maximum Gasteiger partial charge on any atom is 0.315 e. The second-order valence-electron chi connectivity index (χ2n) is 7.63. The highest BCUT2D eigenvalue weighted by Crippen LogP contribution is 2.30. The van der Waals surface area contributed by atoms with E-state index in [0.29, 0.717) is 25.3 Å². The third-order valence-electron chi connectivity index (χ3n) is 5.68. The third-order valence-corrected chi connectivity index (χ3v) is 5.68. The van der Waals surface area contributed by atoms with Gasteiger partial charge in [0.25, 0.3) is 0 Å². The Morgan fingerprint density at radius 2 is 1.89 bits per heavy atom. The Kier molecular flexibility index (Phi) is 7.92. The van der Waals surface area contributed by atoms with Crippen LogP contribution in [0.5, 0.6) is 0 Å². The van der Waals surface area contributed by atoms with Crippen LogP contribution in [0.25, 0.3) is 0 Å². The van der Waals surface area contributed by atoms with Gasteiger partial charge in [-0.25, -0.2) is 4.79 Å². The number of piperidine rings is 1. The first-order valence-electron chi connectivity index (χ1n) is 9.71. The van der Waals surface area contributed by atoms with E-state index in [0.717, 1.165) is 37.9 Å². The van der Waals surface area contributed by atoms with Crippen LogP contribution in [0.15, 0.2) is 30.3 Å². The van der Waals surface area contributed by atoms with Gasteiger partial charge in [0.1, 0.15) is 5.54 Å². The molecule has 3 rings (SSSR count). The van der Waals surface area contributed by atoms with E-state index in [1.807, 2.05) is 30.3 Å². The van der Waals surface area contributed by atoms with Gasteiger partial charge in [-0.05, 0) is 37.3 Å². The maximum absolute atomic E-state index is 13.0. The molecule has 4 N–H and O–H groups in total.